The summed E-state index contributed by atoms with van der Waals surface area (Å²) in [6, 6.07) is 0. The van der Waals surface area contributed by atoms with Gasteiger partial charge in [-0.25, -0.2) is 9.13 Å². The summed E-state index contributed by atoms with van der Waals surface area (Å²) in [5, 5.41) is 0. The third kappa shape index (κ3) is 551. The Morgan fingerprint density at radius 1 is 0.667 bits per heavy atom. The summed E-state index contributed by atoms with van der Waals surface area (Å²) in [6.07, 6.45) is 0. The summed E-state index contributed by atoms with van der Waals surface area (Å²) in [4.78, 5) is 43.1. The van der Waals surface area contributed by atoms with Gasteiger partial charge < -0.3 is 32.2 Å². The Labute approximate surface area is 136 Å². The van der Waals surface area contributed by atoms with Crippen LogP contribution in [0.3, 0.4) is 0 Å². The van der Waals surface area contributed by atoms with Crippen molar-refractivity contribution in [3.05, 3.63) is 0 Å². The molecule has 15 heavy (non-hydrogen) atoms. The summed E-state index contributed by atoms with van der Waals surface area (Å²) in [6.45, 7) is 0. The predicted molar refractivity (Wildman–Crippen MR) is 33.3 cm³/mol. The maximum Gasteiger partial charge on any atom is 1.00 e. The van der Waals surface area contributed by atoms with E-state index in [4.69, 9.17) is 38.5 Å². The maximum atomic E-state index is 8.88. The number of phosphoric acid groups is 2. The van der Waals surface area contributed by atoms with Crippen molar-refractivity contribution < 1.29 is 121 Å². The number of rotatable bonds is 0. The standard InChI is InChI=1S/FH.2Li.2H3O4P.2V.2H/c;;;2*1-5(2,3)4;;;;/h1H;;;2*(H3,1,2,3,4);;;;/q;2*+1;;;;;2*-1. The largest absolute Gasteiger partial charge is 1.00 e. The molecule has 0 aliphatic carbocycles. The molecule has 2 radical (unpaired) electrons. The fourth-order valence-corrected chi connectivity index (χ4v) is 0. The molecule has 15 heteroatoms. The van der Waals surface area contributed by atoms with Crippen molar-refractivity contribution in [1.82, 2.24) is 0 Å². The molecule has 86 valence electrons. The van der Waals surface area contributed by atoms with Crippen LogP contribution in [-0.4, -0.2) is 29.4 Å². The SMILES string of the molecule is F.O=P(O)(O)O.O=P(O)(O)O.[H-].[H-].[Li+].[Li+].[V].[V]. The van der Waals surface area contributed by atoms with Crippen molar-refractivity contribution in [2.24, 2.45) is 0 Å². The molecule has 0 unspecified atom stereocenters. The molecule has 0 aliphatic rings. The number of hydrogen-bond donors (Lipinski definition) is 6. The zero-order valence-electron chi connectivity index (χ0n) is 9.70. The van der Waals surface area contributed by atoms with Crippen LogP contribution in [0.5, 0.6) is 0 Å². The van der Waals surface area contributed by atoms with E-state index in [0.29, 0.717) is 0 Å². The van der Waals surface area contributed by atoms with Crippen LogP contribution in [0.25, 0.3) is 0 Å². The van der Waals surface area contributed by atoms with Crippen molar-refractivity contribution in [2.45, 2.75) is 0 Å². The van der Waals surface area contributed by atoms with E-state index in [0.717, 1.165) is 0 Å². The van der Waals surface area contributed by atoms with Crippen molar-refractivity contribution in [1.29, 1.82) is 0 Å². The molecule has 0 saturated heterocycles. The van der Waals surface area contributed by atoms with E-state index in [9.17, 15) is 0 Å². The first-order chi connectivity index (χ1) is 4.00. The summed E-state index contributed by atoms with van der Waals surface area (Å²) < 4.78 is 17.8. The van der Waals surface area contributed by atoms with Crippen LogP contribution in [0.15, 0.2) is 0 Å². The molecule has 0 aromatic heterocycles. The minimum absolute atomic E-state index is 0. The molecule has 0 atom stereocenters. The Kier molecular flexibility index (Phi) is 54.3. The van der Waals surface area contributed by atoms with Gasteiger partial charge in [0.1, 0.15) is 0 Å². The van der Waals surface area contributed by atoms with E-state index in [1.54, 1.807) is 0 Å². The fourth-order valence-electron chi connectivity index (χ4n) is 0. The van der Waals surface area contributed by atoms with Crippen LogP contribution in [-0.2, 0) is 46.2 Å². The molecule has 0 fully saturated rings. The van der Waals surface area contributed by atoms with Gasteiger partial charge in [0.05, 0.1) is 0 Å². The van der Waals surface area contributed by atoms with Crippen LogP contribution >= 0.6 is 15.6 Å². The topological polar surface area (TPSA) is 156 Å². The van der Waals surface area contributed by atoms with Gasteiger partial charge in [-0.3, -0.25) is 4.70 Å². The average Bonchev–Trinajstić information content (AvgIpc) is 1.12. The second-order valence-electron chi connectivity index (χ2n) is 1.03. The van der Waals surface area contributed by atoms with E-state index >= 15 is 0 Å². The number of hydrogen-bond acceptors (Lipinski definition) is 2. The minimum atomic E-state index is -4.64. The Bertz CT molecular complexity index is 150. The summed E-state index contributed by atoms with van der Waals surface area (Å²) in [5.41, 5.74) is 0. The van der Waals surface area contributed by atoms with Gasteiger partial charge in [0.2, 0.25) is 0 Å². The molecule has 0 aliphatic heterocycles. The summed E-state index contributed by atoms with van der Waals surface area (Å²) in [7, 11) is -9.28. The first-order valence-corrected chi connectivity index (χ1v) is 4.70. The van der Waals surface area contributed by atoms with E-state index in [-0.39, 0.29) is 82.4 Å². The van der Waals surface area contributed by atoms with Gasteiger partial charge in [-0.15, -0.1) is 0 Å². The zero-order chi connectivity index (χ0) is 9.00. The first kappa shape index (κ1) is 43.2. The molecule has 8 nitrogen and oxygen atoms in total. The normalized spacial score (nSPS) is 7.87. The molecule has 0 bridgehead atoms. The van der Waals surface area contributed by atoms with Gasteiger partial charge in [-0.2, -0.15) is 0 Å². The molecule has 0 amide bonds. The van der Waals surface area contributed by atoms with Crippen LogP contribution in [0, 0.1) is 0 Å². The van der Waals surface area contributed by atoms with E-state index in [2.05, 4.69) is 0 Å². The van der Waals surface area contributed by atoms with Gasteiger partial charge in [-0.05, 0) is 0 Å². The predicted octanol–water partition coefficient (Wildman–Crippen LogP) is -7.48. The molecular weight excluding hydrogens is 325 g/mol. The van der Waals surface area contributed by atoms with Gasteiger partial charge in [0.15, 0.2) is 0 Å². The Morgan fingerprint density at radius 2 is 0.667 bits per heavy atom. The second-order valence-corrected chi connectivity index (χ2v) is 3.08. The average molecular weight is 334 g/mol. The van der Waals surface area contributed by atoms with Crippen LogP contribution < -0.4 is 37.7 Å². The van der Waals surface area contributed by atoms with Crippen molar-refractivity contribution >= 4 is 15.6 Å². The Balaban J connectivity index is -0.00000000762. The smallest absolute Gasteiger partial charge is 1.00 e. The maximum absolute atomic E-state index is 8.88. The Morgan fingerprint density at radius 3 is 0.667 bits per heavy atom. The molecule has 0 spiro atoms. The van der Waals surface area contributed by atoms with Crippen molar-refractivity contribution in [2.75, 3.05) is 0 Å². The van der Waals surface area contributed by atoms with Gasteiger partial charge in [-0.1, -0.05) is 0 Å². The molecule has 0 rings (SSSR count). The third-order valence-corrected chi connectivity index (χ3v) is 0. The molecule has 0 heterocycles. The number of halogens is 1. The van der Waals surface area contributed by atoms with Crippen LogP contribution in [0.1, 0.15) is 2.85 Å². The van der Waals surface area contributed by atoms with Crippen molar-refractivity contribution in [3.63, 3.8) is 0 Å². The van der Waals surface area contributed by atoms with Gasteiger partial charge in [0, 0.05) is 37.1 Å². The molecule has 0 aromatic carbocycles. The second kappa shape index (κ2) is 18.9. The van der Waals surface area contributed by atoms with E-state index in [1.165, 1.54) is 0 Å². The molecule has 0 saturated carbocycles. The van der Waals surface area contributed by atoms with Crippen LogP contribution in [0.4, 0.5) is 4.70 Å². The molecular formula is H9FLi2O8P2V2. The zero-order valence-corrected chi connectivity index (χ0v) is 12.3. The molecule has 0 aromatic rings. The van der Waals surface area contributed by atoms with Crippen molar-refractivity contribution in [3.8, 4) is 0 Å². The summed E-state index contributed by atoms with van der Waals surface area (Å²) >= 11 is 0. The molecule has 6 N–H and O–H groups in total. The van der Waals surface area contributed by atoms with E-state index < -0.39 is 15.6 Å². The quantitative estimate of drug-likeness (QED) is 0.189. The van der Waals surface area contributed by atoms with Gasteiger partial charge in [0.25, 0.3) is 0 Å². The third-order valence-electron chi connectivity index (χ3n) is 0. The monoisotopic (exact) mass is 334 g/mol. The van der Waals surface area contributed by atoms with Crippen LogP contribution in [0.2, 0.25) is 0 Å². The Hall–Kier alpha value is 2.51. The first-order valence-electron chi connectivity index (χ1n) is 1.57. The van der Waals surface area contributed by atoms with E-state index in [1.807, 2.05) is 0 Å². The van der Waals surface area contributed by atoms with Gasteiger partial charge >= 0.3 is 53.4 Å². The fraction of sp³-hybridized carbons (Fsp3) is 0. The minimum Gasteiger partial charge on any atom is -1.00 e. The summed E-state index contributed by atoms with van der Waals surface area (Å²) in [5.74, 6) is 0.